The molecule has 2 heteroatoms. The standard InChI is InChI=1S/C21H24N2/c22-13-15-23-14-7-12-20(16-18-8-3-1-4-9-18)21(23)17-19-10-5-2-6-11-19/h1-6,8-11,20-21H,7,12,14-17H2. The van der Waals surface area contributed by atoms with Crippen LogP contribution < -0.4 is 0 Å². The van der Waals surface area contributed by atoms with Crippen molar-refractivity contribution in [1.82, 2.24) is 4.90 Å². The van der Waals surface area contributed by atoms with Gasteiger partial charge in [-0.1, -0.05) is 60.7 Å². The zero-order valence-corrected chi connectivity index (χ0v) is 13.6. The van der Waals surface area contributed by atoms with Crippen LogP contribution in [0.3, 0.4) is 0 Å². The van der Waals surface area contributed by atoms with E-state index in [9.17, 15) is 5.26 Å². The predicted molar refractivity (Wildman–Crippen MR) is 94.0 cm³/mol. The molecule has 118 valence electrons. The van der Waals surface area contributed by atoms with Crippen molar-refractivity contribution in [2.75, 3.05) is 13.1 Å². The van der Waals surface area contributed by atoms with E-state index in [-0.39, 0.29) is 0 Å². The van der Waals surface area contributed by atoms with Crippen molar-refractivity contribution in [2.24, 2.45) is 5.92 Å². The molecule has 1 saturated heterocycles. The number of piperidine rings is 1. The Morgan fingerprint density at radius 1 is 0.913 bits per heavy atom. The van der Waals surface area contributed by atoms with Gasteiger partial charge < -0.3 is 0 Å². The number of likely N-dealkylation sites (tertiary alicyclic amines) is 1. The Morgan fingerprint density at radius 2 is 1.52 bits per heavy atom. The number of hydrogen-bond acceptors (Lipinski definition) is 2. The van der Waals surface area contributed by atoms with E-state index in [0.29, 0.717) is 18.5 Å². The second-order valence-corrected chi connectivity index (χ2v) is 6.48. The van der Waals surface area contributed by atoms with Crippen LogP contribution in [0, 0.1) is 17.2 Å². The van der Waals surface area contributed by atoms with Gasteiger partial charge in [0.2, 0.25) is 0 Å². The SMILES string of the molecule is N#CCN1CCCC(Cc2ccccc2)C1Cc1ccccc1. The first-order valence-electron chi connectivity index (χ1n) is 8.55. The van der Waals surface area contributed by atoms with Gasteiger partial charge in [0.05, 0.1) is 12.6 Å². The molecule has 0 bridgehead atoms. The molecule has 1 aliphatic heterocycles. The van der Waals surface area contributed by atoms with Crippen molar-refractivity contribution in [3.8, 4) is 6.07 Å². The first kappa shape index (κ1) is 15.8. The Kier molecular flexibility index (Phi) is 5.45. The largest absolute Gasteiger partial charge is 0.287 e. The molecule has 0 saturated carbocycles. The summed E-state index contributed by atoms with van der Waals surface area (Å²) in [5.74, 6) is 0.625. The average Bonchev–Trinajstić information content (AvgIpc) is 2.60. The Bertz CT molecular complexity index is 630. The highest BCUT2D eigenvalue weighted by Crippen LogP contribution is 2.29. The zero-order valence-electron chi connectivity index (χ0n) is 13.6. The van der Waals surface area contributed by atoms with Crippen LogP contribution in [0.4, 0.5) is 0 Å². The van der Waals surface area contributed by atoms with E-state index in [1.54, 1.807) is 0 Å². The van der Waals surface area contributed by atoms with Gasteiger partial charge in [-0.3, -0.25) is 4.90 Å². The van der Waals surface area contributed by atoms with Crippen molar-refractivity contribution in [3.05, 3.63) is 71.8 Å². The molecular formula is C21H24N2. The fourth-order valence-electron chi connectivity index (χ4n) is 3.81. The van der Waals surface area contributed by atoms with E-state index < -0.39 is 0 Å². The normalized spacial score (nSPS) is 21.7. The Labute approximate surface area is 139 Å². The summed E-state index contributed by atoms with van der Waals surface area (Å²) in [5.41, 5.74) is 2.79. The number of benzene rings is 2. The van der Waals surface area contributed by atoms with E-state index in [0.717, 1.165) is 19.4 Å². The lowest BCUT2D eigenvalue weighted by atomic mass is 9.81. The molecular weight excluding hydrogens is 280 g/mol. The van der Waals surface area contributed by atoms with Gasteiger partial charge in [0.1, 0.15) is 0 Å². The highest BCUT2D eigenvalue weighted by atomic mass is 15.2. The van der Waals surface area contributed by atoms with Gasteiger partial charge in [-0.25, -0.2) is 0 Å². The molecule has 2 unspecified atom stereocenters. The quantitative estimate of drug-likeness (QED) is 0.778. The maximum Gasteiger partial charge on any atom is 0.0868 e. The van der Waals surface area contributed by atoms with E-state index in [4.69, 9.17) is 0 Å². The summed E-state index contributed by atoms with van der Waals surface area (Å²) in [5, 5.41) is 9.19. The van der Waals surface area contributed by atoms with Gasteiger partial charge in [-0.2, -0.15) is 5.26 Å². The maximum absolute atomic E-state index is 9.19. The zero-order chi connectivity index (χ0) is 15.9. The Hall–Kier alpha value is -2.11. The predicted octanol–water partition coefficient (Wildman–Crippen LogP) is 4.08. The van der Waals surface area contributed by atoms with Crippen molar-refractivity contribution >= 4 is 0 Å². The summed E-state index contributed by atoms with van der Waals surface area (Å²) in [6, 6.07) is 24.3. The van der Waals surface area contributed by atoms with Crippen molar-refractivity contribution in [2.45, 2.75) is 31.7 Å². The van der Waals surface area contributed by atoms with Crippen molar-refractivity contribution in [3.63, 3.8) is 0 Å². The second kappa shape index (κ2) is 7.94. The minimum Gasteiger partial charge on any atom is -0.287 e. The third kappa shape index (κ3) is 4.21. The van der Waals surface area contributed by atoms with Crippen LogP contribution in [0.25, 0.3) is 0 Å². The summed E-state index contributed by atoms with van der Waals surface area (Å²) < 4.78 is 0. The summed E-state index contributed by atoms with van der Waals surface area (Å²) in [4.78, 5) is 2.39. The van der Waals surface area contributed by atoms with Crippen molar-refractivity contribution < 1.29 is 0 Å². The third-order valence-electron chi connectivity index (χ3n) is 4.94. The van der Waals surface area contributed by atoms with Crippen LogP contribution in [0.15, 0.2) is 60.7 Å². The number of rotatable bonds is 5. The first-order valence-corrected chi connectivity index (χ1v) is 8.55. The second-order valence-electron chi connectivity index (χ2n) is 6.48. The highest BCUT2D eigenvalue weighted by Gasteiger charge is 2.31. The third-order valence-corrected chi connectivity index (χ3v) is 4.94. The van der Waals surface area contributed by atoms with Gasteiger partial charge in [0.15, 0.2) is 0 Å². The monoisotopic (exact) mass is 304 g/mol. The van der Waals surface area contributed by atoms with Crippen LogP contribution in [0.5, 0.6) is 0 Å². The van der Waals surface area contributed by atoms with Gasteiger partial charge in [-0.15, -0.1) is 0 Å². The van der Waals surface area contributed by atoms with Crippen LogP contribution in [0.2, 0.25) is 0 Å². The minimum atomic E-state index is 0.464. The first-order chi connectivity index (χ1) is 11.4. The molecule has 1 aliphatic rings. The van der Waals surface area contributed by atoms with Gasteiger partial charge in [-0.05, 0) is 49.3 Å². The molecule has 3 rings (SSSR count). The molecule has 0 radical (unpaired) electrons. The molecule has 2 atom stereocenters. The maximum atomic E-state index is 9.19. The number of nitrogens with zero attached hydrogens (tertiary/aromatic N) is 2. The lowest BCUT2D eigenvalue weighted by molar-refractivity contribution is 0.106. The van der Waals surface area contributed by atoms with E-state index in [2.05, 4.69) is 71.6 Å². The Morgan fingerprint density at radius 3 is 2.13 bits per heavy atom. The molecule has 2 nitrogen and oxygen atoms in total. The molecule has 2 aromatic carbocycles. The van der Waals surface area contributed by atoms with Crippen LogP contribution in [0.1, 0.15) is 24.0 Å². The van der Waals surface area contributed by atoms with E-state index >= 15 is 0 Å². The molecule has 0 aliphatic carbocycles. The van der Waals surface area contributed by atoms with Gasteiger partial charge in [0, 0.05) is 6.04 Å². The van der Waals surface area contributed by atoms with Crippen molar-refractivity contribution in [1.29, 1.82) is 5.26 Å². The lowest BCUT2D eigenvalue weighted by Crippen LogP contribution is -2.47. The average molecular weight is 304 g/mol. The Balaban J connectivity index is 1.78. The summed E-state index contributed by atoms with van der Waals surface area (Å²) in [7, 11) is 0. The highest BCUT2D eigenvalue weighted by molar-refractivity contribution is 5.19. The van der Waals surface area contributed by atoms with Gasteiger partial charge >= 0.3 is 0 Å². The molecule has 0 spiro atoms. The lowest BCUT2D eigenvalue weighted by Gasteiger charge is -2.40. The molecule has 1 heterocycles. The molecule has 2 aromatic rings. The minimum absolute atomic E-state index is 0.464. The van der Waals surface area contributed by atoms with Gasteiger partial charge in [0.25, 0.3) is 0 Å². The van der Waals surface area contributed by atoms with E-state index in [1.807, 2.05) is 0 Å². The summed E-state index contributed by atoms with van der Waals surface area (Å²) >= 11 is 0. The van der Waals surface area contributed by atoms with E-state index in [1.165, 1.54) is 24.0 Å². The van der Waals surface area contributed by atoms with Crippen LogP contribution in [-0.2, 0) is 12.8 Å². The number of nitriles is 1. The molecule has 1 fully saturated rings. The summed E-state index contributed by atoms with van der Waals surface area (Å²) in [6.45, 7) is 1.60. The molecule has 23 heavy (non-hydrogen) atoms. The molecule has 0 N–H and O–H groups in total. The van der Waals surface area contributed by atoms with Crippen LogP contribution in [-0.4, -0.2) is 24.0 Å². The smallest absolute Gasteiger partial charge is 0.0868 e. The molecule has 0 amide bonds. The van der Waals surface area contributed by atoms with Crippen LogP contribution >= 0.6 is 0 Å². The topological polar surface area (TPSA) is 27.0 Å². The number of hydrogen-bond donors (Lipinski definition) is 0. The fourth-order valence-corrected chi connectivity index (χ4v) is 3.81. The summed E-state index contributed by atoms with van der Waals surface area (Å²) in [6.07, 6.45) is 4.61. The molecule has 0 aromatic heterocycles. The fraction of sp³-hybridized carbons (Fsp3) is 0.381.